The van der Waals surface area contributed by atoms with Crippen molar-refractivity contribution in [3.05, 3.63) is 50.4 Å². The van der Waals surface area contributed by atoms with Crippen LogP contribution in [0.3, 0.4) is 0 Å². The molecule has 0 aliphatic heterocycles. The number of rotatable bonds is 5. The molecule has 0 unspecified atom stereocenters. The molecule has 2 rings (SSSR count). The van der Waals surface area contributed by atoms with Crippen LogP contribution in [-0.4, -0.2) is 16.5 Å². The highest BCUT2D eigenvalue weighted by molar-refractivity contribution is 14.1. The molecule has 2 aromatic rings. The zero-order chi connectivity index (χ0) is 13.7. The topological polar surface area (TPSA) is 37.8 Å². The molecular formula is C14H15ClIN3. The Bertz CT molecular complexity index is 560. The standard InChI is InChI=1S/C14H15ClIN3/c1-2-7-17-14-12(16)9-18-13(19-14)8-10-5-3-4-6-11(10)15/h3-6,9H,2,7-8H2,1H3,(H,17,18,19). The molecule has 1 heterocycles. The maximum atomic E-state index is 6.16. The predicted molar refractivity (Wildman–Crippen MR) is 87.8 cm³/mol. The van der Waals surface area contributed by atoms with Gasteiger partial charge in [-0.05, 0) is 40.6 Å². The van der Waals surface area contributed by atoms with Gasteiger partial charge >= 0.3 is 0 Å². The van der Waals surface area contributed by atoms with Gasteiger partial charge < -0.3 is 5.32 Å². The van der Waals surface area contributed by atoms with Crippen LogP contribution < -0.4 is 5.32 Å². The summed E-state index contributed by atoms with van der Waals surface area (Å²) in [7, 11) is 0. The van der Waals surface area contributed by atoms with Gasteiger partial charge in [-0.25, -0.2) is 9.97 Å². The highest BCUT2D eigenvalue weighted by atomic mass is 127. The Hall–Kier alpha value is -0.880. The maximum Gasteiger partial charge on any atom is 0.143 e. The first kappa shape index (κ1) is 14.5. The van der Waals surface area contributed by atoms with Gasteiger partial charge in [0, 0.05) is 24.2 Å². The lowest BCUT2D eigenvalue weighted by Gasteiger charge is -2.08. The minimum absolute atomic E-state index is 0.650. The molecule has 0 aliphatic carbocycles. The van der Waals surface area contributed by atoms with Gasteiger partial charge in [-0.15, -0.1) is 0 Å². The Labute approximate surface area is 132 Å². The van der Waals surface area contributed by atoms with E-state index in [0.717, 1.165) is 38.8 Å². The number of nitrogens with one attached hydrogen (secondary N) is 1. The van der Waals surface area contributed by atoms with E-state index >= 15 is 0 Å². The molecule has 1 N–H and O–H groups in total. The normalized spacial score (nSPS) is 10.5. The summed E-state index contributed by atoms with van der Waals surface area (Å²) in [6.07, 6.45) is 3.56. The van der Waals surface area contributed by atoms with Gasteiger partial charge in [0.15, 0.2) is 0 Å². The molecule has 19 heavy (non-hydrogen) atoms. The Morgan fingerprint density at radius 2 is 2.11 bits per heavy atom. The van der Waals surface area contributed by atoms with Crippen LogP contribution in [0.25, 0.3) is 0 Å². The molecule has 0 atom stereocenters. The second kappa shape index (κ2) is 7.05. The van der Waals surface area contributed by atoms with Crippen molar-refractivity contribution in [1.29, 1.82) is 0 Å². The summed E-state index contributed by atoms with van der Waals surface area (Å²) < 4.78 is 1.04. The predicted octanol–water partition coefficient (Wildman–Crippen LogP) is 4.15. The SMILES string of the molecule is CCCNc1nc(Cc2ccccc2Cl)ncc1I. The Kier molecular flexibility index (Phi) is 5.39. The zero-order valence-electron chi connectivity index (χ0n) is 10.7. The number of halogens is 2. The number of anilines is 1. The second-order valence-electron chi connectivity index (χ2n) is 4.18. The summed E-state index contributed by atoms with van der Waals surface area (Å²) in [5.41, 5.74) is 1.05. The quantitative estimate of drug-likeness (QED) is 0.783. The van der Waals surface area contributed by atoms with Crippen molar-refractivity contribution in [3.8, 4) is 0 Å². The first-order valence-corrected chi connectivity index (χ1v) is 7.65. The third kappa shape index (κ3) is 4.04. The lowest BCUT2D eigenvalue weighted by molar-refractivity contribution is 0.926. The van der Waals surface area contributed by atoms with E-state index in [9.17, 15) is 0 Å². The molecule has 0 radical (unpaired) electrons. The van der Waals surface area contributed by atoms with E-state index in [4.69, 9.17) is 11.6 Å². The van der Waals surface area contributed by atoms with Gasteiger partial charge in [0.1, 0.15) is 11.6 Å². The number of aromatic nitrogens is 2. The molecule has 1 aromatic carbocycles. The molecular weight excluding hydrogens is 373 g/mol. The average Bonchev–Trinajstić information content (AvgIpc) is 2.42. The first-order chi connectivity index (χ1) is 9.20. The highest BCUT2D eigenvalue weighted by Gasteiger charge is 2.07. The number of nitrogens with zero attached hydrogens (tertiary/aromatic N) is 2. The summed E-state index contributed by atoms with van der Waals surface area (Å²) >= 11 is 8.40. The molecule has 0 fully saturated rings. The molecule has 3 nitrogen and oxygen atoms in total. The smallest absolute Gasteiger partial charge is 0.143 e. The number of benzene rings is 1. The molecule has 0 saturated carbocycles. The van der Waals surface area contributed by atoms with E-state index in [2.05, 4.69) is 44.8 Å². The molecule has 100 valence electrons. The van der Waals surface area contributed by atoms with Crippen molar-refractivity contribution in [1.82, 2.24) is 9.97 Å². The Morgan fingerprint density at radius 3 is 2.84 bits per heavy atom. The van der Waals surface area contributed by atoms with Crippen LogP contribution in [0.4, 0.5) is 5.82 Å². The maximum absolute atomic E-state index is 6.16. The fourth-order valence-electron chi connectivity index (χ4n) is 1.67. The highest BCUT2D eigenvalue weighted by Crippen LogP contribution is 2.19. The molecule has 0 saturated heterocycles. The van der Waals surface area contributed by atoms with Crippen molar-refractivity contribution >= 4 is 40.0 Å². The third-order valence-corrected chi connectivity index (χ3v) is 3.80. The summed E-state index contributed by atoms with van der Waals surface area (Å²) in [5, 5.41) is 4.07. The van der Waals surface area contributed by atoms with E-state index < -0.39 is 0 Å². The van der Waals surface area contributed by atoms with Gasteiger partial charge in [0.25, 0.3) is 0 Å². The lowest BCUT2D eigenvalue weighted by atomic mass is 10.1. The van der Waals surface area contributed by atoms with Gasteiger partial charge in [-0.1, -0.05) is 36.7 Å². The van der Waals surface area contributed by atoms with Gasteiger partial charge in [0.2, 0.25) is 0 Å². The number of hydrogen-bond acceptors (Lipinski definition) is 3. The monoisotopic (exact) mass is 387 g/mol. The second-order valence-corrected chi connectivity index (χ2v) is 5.75. The van der Waals surface area contributed by atoms with E-state index in [-0.39, 0.29) is 0 Å². The lowest BCUT2D eigenvalue weighted by Crippen LogP contribution is -2.07. The van der Waals surface area contributed by atoms with E-state index in [1.807, 2.05) is 30.5 Å². The molecule has 0 spiro atoms. The van der Waals surface area contributed by atoms with E-state index in [1.54, 1.807) is 0 Å². The summed E-state index contributed by atoms with van der Waals surface area (Å²) in [6, 6.07) is 7.79. The first-order valence-electron chi connectivity index (χ1n) is 6.19. The zero-order valence-corrected chi connectivity index (χ0v) is 13.6. The van der Waals surface area contributed by atoms with Crippen molar-refractivity contribution in [2.24, 2.45) is 0 Å². The third-order valence-electron chi connectivity index (χ3n) is 2.64. The molecule has 5 heteroatoms. The van der Waals surface area contributed by atoms with Crippen molar-refractivity contribution in [3.63, 3.8) is 0 Å². The van der Waals surface area contributed by atoms with Crippen LogP contribution in [0.2, 0.25) is 5.02 Å². The van der Waals surface area contributed by atoms with Crippen molar-refractivity contribution in [2.45, 2.75) is 19.8 Å². The fourth-order valence-corrected chi connectivity index (χ4v) is 2.32. The minimum atomic E-state index is 0.650. The van der Waals surface area contributed by atoms with Crippen LogP contribution in [0.15, 0.2) is 30.5 Å². The van der Waals surface area contributed by atoms with Crippen molar-refractivity contribution in [2.75, 3.05) is 11.9 Å². The summed E-state index contributed by atoms with van der Waals surface area (Å²) in [6.45, 7) is 3.05. The van der Waals surface area contributed by atoms with E-state index in [0.29, 0.717) is 6.42 Å². The fraction of sp³-hybridized carbons (Fsp3) is 0.286. The van der Waals surface area contributed by atoms with Crippen LogP contribution >= 0.6 is 34.2 Å². The Morgan fingerprint density at radius 1 is 1.32 bits per heavy atom. The van der Waals surface area contributed by atoms with Crippen molar-refractivity contribution < 1.29 is 0 Å². The van der Waals surface area contributed by atoms with Gasteiger partial charge in [0.05, 0.1) is 3.57 Å². The molecule has 0 bridgehead atoms. The van der Waals surface area contributed by atoms with Gasteiger partial charge in [-0.3, -0.25) is 0 Å². The van der Waals surface area contributed by atoms with Crippen LogP contribution in [-0.2, 0) is 6.42 Å². The summed E-state index contributed by atoms with van der Waals surface area (Å²) in [4.78, 5) is 8.92. The number of hydrogen-bond donors (Lipinski definition) is 1. The van der Waals surface area contributed by atoms with Gasteiger partial charge in [-0.2, -0.15) is 0 Å². The van der Waals surface area contributed by atoms with E-state index in [1.165, 1.54) is 0 Å². The van der Waals surface area contributed by atoms with Crippen LogP contribution in [0.5, 0.6) is 0 Å². The largest absolute Gasteiger partial charge is 0.369 e. The van der Waals surface area contributed by atoms with Crippen LogP contribution in [0.1, 0.15) is 24.7 Å². The van der Waals surface area contributed by atoms with Crippen LogP contribution in [0, 0.1) is 3.57 Å². The minimum Gasteiger partial charge on any atom is -0.369 e. The molecule has 0 aliphatic rings. The molecule has 0 amide bonds. The molecule has 1 aromatic heterocycles. The Balaban J connectivity index is 2.19. The summed E-state index contributed by atoms with van der Waals surface area (Å²) in [5.74, 6) is 1.69. The average molecular weight is 388 g/mol.